The second-order valence-corrected chi connectivity index (χ2v) is 15.7. The summed E-state index contributed by atoms with van der Waals surface area (Å²) in [7, 11) is -4.21. The van der Waals surface area contributed by atoms with Crippen molar-refractivity contribution in [1.82, 2.24) is 14.6 Å². The number of sulfonamides is 1. The summed E-state index contributed by atoms with van der Waals surface area (Å²) < 4.78 is 50.5. The van der Waals surface area contributed by atoms with Crippen LogP contribution in [0, 0.1) is 11.8 Å². The number of amides is 1. The normalized spacial score (nSPS) is 17.8. The van der Waals surface area contributed by atoms with E-state index in [-0.39, 0.29) is 48.8 Å². The Bertz CT molecular complexity index is 1590. The maximum absolute atomic E-state index is 14.3. The van der Waals surface area contributed by atoms with Crippen LogP contribution in [0.5, 0.6) is 0 Å². The lowest BCUT2D eigenvalue weighted by Gasteiger charge is -2.34. The first kappa shape index (κ1) is 34.6. The van der Waals surface area contributed by atoms with Gasteiger partial charge in [0.25, 0.3) is 0 Å². The van der Waals surface area contributed by atoms with E-state index in [1.54, 1.807) is 29.7 Å². The topological polar surface area (TPSA) is 118 Å². The van der Waals surface area contributed by atoms with Gasteiger partial charge in [-0.05, 0) is 92.2 Å². The minimum absolute atomic E-state index is 0.0789. The Kier molecular flexibility index (Phi) is 12.0. The number of carbonyl (C=O) groups is 2. The van der Waals surface area contributed by atoms with Crippen molar-refractivity contribution in [2.24, 2.45) is 11.8 Å². The number of fused-ring (bicyclic) bond motifs is 2. The van der Waals surface area contributed by atoms with Gasteiger partial charge in [-0.1, -0.05) is 18.2 Å². The quantitative estimate of drug-likeness (QED) is 0.221. The van der Waals surface area contributed by atoms with Gasteiger partial charge in [0.1, 0.15) is 10.9 Å². The summed E-state index contributed by atoms with van der Waals surface area (Å²) >= 11 is 3.19. The van der Waals surface area contributed by atoms with E-state index in [1.165, 1.54) is 11.3 Å². The molecule has 0 bridgehead atoms. The van der Waals surface area contributed by atoms with Gasteiger partial charge in [-0.25, -0.2) is 13.4 Å². The van der Waals surface area contributed by atoms with Crippen LogP contribution in [-0.2, 0) is 43.6 Å². The summed E-state index contributed by atoms with van der Waals surface area (Å²) in [5, 5.41) is 4.04. The molecule has 1 unspecified atom stereocenters. The molecule has 3 heterocycles. The number of anilines is 1. The molecule has 46 heavy (non-hydrogen) atoms. The predicted molar refractivity (Wildman–Crippen MR) is 183 cm³/mol. The number of halogens is 1. The Morgan fingerprint density at radius 3 is 2.72 bits per heavy atom. The minimum Gasteiger partial charge on any atom is -0.466 e. The van der Waals surface area contributed by atoms with Crippen LogP contribution in [0.4, 0.5) is 10.1 Å². The lowest BCUT2D eigenvalue weighted by Crippen LogP contribution is -2.51. The van der Waals surface area contributed by atoms with Gasteiger partial charge in [0.15, 0.2) is 0 Å². The molecule has 0 spiro atoms. The lowest BCUT2D eigenvalue weighted by molar-refractivity contribution is -0.143. The first-order valence-corrected chi connectivity index (χ1v) is 19.7. The number of para-hydroxylation sites is 1. The van der Waals surface area contributed by atoms with E-state index < -0.39 is 16.1 Å². The molecule has 2 N–H and O–H groups in total. The van der Waals surface area contributed by atoms with Crippen LogP contribution in [0.25, 0.3) is 10.2 Å². The molecule has 250 valence electrons. The Morgan fingerprint density at radius 2 is 2.00 bits per heavy atom. The fraction of sp³-hybridized carbons (Fsp3) is 0.545. The molecule has 0 aliphatic carbocycles. The first-order valence-electron chi connectivity index (χ1n) is 16.0. The van der Waals surface area contributed by atoms with Crippen LogP contribution >= 0.6 is 23.1 Å². The van der Waals surface area contributed by atoms with Gasteiger partial charge >= 0.3 is 5.97 Å². The van der Waals surface area contributed by atoms with E-state index in [2.05, 4.69) is 16.3 Å². The van der Waals surface area contributed by atoms with Crippen molar-refractivity contribution < 1.29 is 27.1 Å². The first-order chi connectivity index (χ1) is 22.2. The third-order valence-corrected chi connectivity index (χ3v) is 12.1. The number of piperidine rings is 1. The van der Waals surface area contributed by atoms with Gasteiger partial charge < -0.3 is 15.0 Å². The number of thioether (sulfide) groups is 1. The van der Waals surface area contributed by atoms with Crippen LogP contribution < -0.4 is 10.0 Å². The zero-order chi connectivity index (χ0) is 32.7. The van der Waals surface area contributed by atoms with Crippen LogP contribution in [0.1, 0.15) is 48.7 Å². The van der Waals surface area contributed by atoms with Gasteiger partial charge in [0.2, 0.25) is 15.9 Å². The summed E-state index contributed by atoms with van der Waals surface area (Å²) in [5.41, 5.74) is 2.96. The van der Waals surface area contributed by atoms with Gasteiger partial charge in [-0.2, -0.15) is 16.5 Å². The average Bonchev–Trinajstić information content (AvgIpc) is 3.46. The van der Waals surface area contributed by atoms with E-state index in [1.807, 2.05) is 30.3 Å². The third kappa shape index (κ3) is 8.59. The van der Waals surface area contributed by atoms with Gasteiger partial charge in [0, 0.05) is 32.5 Å². The molecule has 3 aromatic rings. The van der Waals surface area contributed by atoms with Crippen LogP contribution in [0.3, 0.4) is 0 Å². The molecular formula is C33H43FN4O5S3. The van der Waals surface area contributed by atoms with Gasteiger partial charge in [-0.15, -0.1) is 11.3 Å². The highest BCUT2D eigenvalue weighted by atomic mass is 32.2. The number of esters is 1. The number of hydrogen-bond donors (Lipinski definition) is 2. The average molecular weight is 691 g/mol. The molecule has 0 radical (unpaired) electrons. The van der Waals surface area contributed by atoms with E-state index in [9.17, 15) is 22.4 Å². The highest BCUT2D eigenvalue weighted by Crippen LogP contribution is 2.35. The van der Waals surface area contributed by atoms with Crippen LogP contribution in [-0.4, -0.2) is 81.1 Å². The molecular weight excluding hydrogens is 648 g/mol. The standard InChI is InChI=1S/C33H43FN4O5S3/c1-3-43-31(39)9-8-23-16-25-17-24(21-44-2)20-35-32(25)29(18-23)46(41,42)37-27(19-30-36-26-6-4-5-7-28(26)45-30)33(40)38-14-11-22(10-13-34)12-15-38/h4-7,16,18,22,24,27,35,37H,3,8-15,17,19-21H2,1-2H3/t24?,27-/m0/s1. The van der Waals surface area contributed by atoms with Gasteiger partial charge in [0.05, 0.1) is 34.2 Å². The summed E-state index contributed by atoms with van der Waals surface area (Å²) in [6.45, 7) is 3.21. The number of alkyl halides is 1. The number of ether oxygens (including phenoxy) is 1. The monoisotopic (exact) mass is 690 g/mol. The largest absolute Gasteiger partial charge is 0.466 e. The number of benzene rings is 2. The molecule has 5 rings (SSSR count). The number of aryl methyl sites for hydroxylation is 1. The molecule has 2 aliphatic heterocycles. The van der Waals surface area contributed by atoms with E-state index in [4.69, 9.17) is 9.72 Å². The number of carbonyl (C=O) groups excluding carboxylic acids is 2. The SMILES string of the molecule is CCOC(=O)CCc1cc2c(c(S(=O)(=O)N[C@@H](Cc3nc4ccccc4s3)C(=O)N3CCC(CCF)CC3)c1)NCC(CSC)C2. The van der Waals surface area contributed by atoms with Crippen molar-refractivity contribution in [2.45, 2.75) is 62.8 Å². The molecule has 2 atom stereocenters. The molecule has 2 aromatic carbocycles. The molecule has 13 heteroatoms. The second-order valence-electron chi connectivity index (χ2n) is 12.0. The molecule has 1 fully saturated rings. The van der Waals surface area contributed by atoms with Crippen molar-refractivity contribution in [2.75, 3.05) is 50.2 Å². The fourth-order valence-corrected chi connectivity index (χ4v) is 9.53. The smallest absolute Gasteiger partial charge is 0.306 e. The Labute approximate surface area is 279 Å². The number of nitrogens with zero attached hydrogens (tertiary/aromatic N) is 2. The molecule has 1 saturated heterocycles. The number of likely N-dealkylation sites (tertiary alicyclic amines) is 1. The number of thiazole rings is 1. The number of rotatable bonds is 14. The highest BCUT2D eigenvalue weighted by molar-refractivity contribution is 7.98. The Balaban J connectivity index is 1.46. The van der Waals surface area contributed by atoms with Gasteiger partial charge in [-0.3, -0.25) is 14.0 Å². The van der Waals surface area contributed by atoms with Crippen LogP contribution in [0.2, 0.25) is 0 Å². The molecule has 9 nitrogen and oxygen atoms in total. The van der Waals surface area contributed by atoms with E-state index in [0.717, 1.165) is 27.1 Å². The van der Waals surface area contributed by atoms with E-state index in [0.29, 0.717) is 68.4 Å². The molecule has 1 amide bonds. The minimum atomic E-state index is -4.21. The number of nitrogens with one attached hydrogen (secondary N) is 2. The Morgan fingerprint density at radius 1 is 1.22 bits per heavy atom. The van der Waals surface area contributed by atoms with Crippen LogP contribution in [0.15, 0.2) is 41.3 Å². The molecule has 2 aliphatic rings. The van der Waals surface area contributed by atoms with Crippen molar-refractivity contribution in [3.63, 3.8) is 0 Å². The van der Waals surface area contributed by atoms with Crippen molar-refractivity contribution in [1.29, 1.82) is 0 Å². The summed E-state index contributed by atoms with van der Waals surface area (Å²) in [5.74, 6) is 0.846. The summed E-state index contributed by atoms with van der Waals surface area (Å²) in [6.07, 6.45) is 5.20. The summed E-state index contributed by atoms with van der Waals surface area (Å²) in [4.78, 5) is 32.7. The Hall–Kier alpha value is -2.74. The predicted octanol–water partition coefficient (Wildman–Crippen LogP) is 5.23. The molecule has 1 aromatic heterocycles. The van der Waals surface area contributed by atoms with Crippen molar-refractivity contribution in [3.05, 3.63) is 52.5 Å². The zero-order valence-corrected chi connectivity index (χ0v) is 28.9. The summed E-state index contributed by atoms with van der Waals surface area (Å²) in [6, 6.07) is 10.2. The lowest BCUT2D eigenvalue weighted by atomic mass is 9.93. The maximum Gasteiger partial charge on any atom is 0.306 e. The second kappa shape index (κ2) is 15.9. The maximum atomic E-state index is 14.3. The third-order valence-electron chi connectivity index (χ3n) is 8.69. The number of hydrogen-bond acceptors (Lipinski definition) is 9. The molecule has 0 saturated carbocycles. The number of aromatic nitrogens is 1. The fourth-order valence-electron chi connectivity index (χ4n) is 6.35. The van der Waals surface area contributed by atoms with E-state index >= 15 is 0 Å². The van der Waals surface area contributed by atoms with Crippen molar-refractivity contribution >= 4 is 60.9 Å². The zero-order valence-electron chi connectivity index (χ0n) is 26.4. The highest BCUT2D eigenvalue weighted by Gasteiger charge is 2.35. The van der Waals surface area contributed by atoms with Crippen molar-refractivity contribution in [3.8, 4) is 0 Å².